The number of halogens is 3. The average Bonchev–Trinajstić information content (AvgIpc) is 2.59. The van der Waals surface area contributed by atoms with Gasteiger partial charge in [0.15, 0.2) is 0 Å². The van der Waals surface area contributed by atoms with Crippen LogP contribution < -0.4 is 15.0 Å². The van der Waals surface area contributed by atoms with Crippen LogP contribution in [0.3, 0.4) is 0 Å². The van der Waals surface area contributed by atoms with Crippen molar-refractivity contribution >= 4 is 77.4 Å². The molecular formula is C18H11Br3N2O4. The Morgan fingerprint density at radius 3 is 2.30 bits per heavy atom. The first-order valence-corrected chi connectivity index (χ1v) is 9.89. The molecule has 0 atom stereocenters. The van der Waals surface area contributed by atoms with Crippen LogP contribution in [0.5, 0.6) is 5.75 Å². The number of carbonyl (C=O) groups is 3. The van der Waals surface area contributed by atoms with Crippen molar-refractivity contribution in [2.75, 3.05) is 12.0 Å². The zero-order chi connectivity index (χ0) is 19.7. The number of amides is 4. The molecule has 1 N–H and O–H groups in total. The maximum absolute atomic E-state index is 12.9. The van der Waals surface area contributed by atoms with Crippen LogP contribution in [0, 0.1) is 0 Å². The molecular weight excluding hydrogens is 548 g/mol. The van der Waals surface area contributed by atoms with Gasteiger partial charge in [-0.3, -0.25) is 14.9 Å². The van der Waals surface area contributed by atoms with Crippen LogP contribution in [-0.4, -0.2) is 25.0 Å². The minimum atomic E-state index is -0.799. The number of ether oxygens (including phenoxy) is 1. The van der Waals surface area contributed by atoms with Gasteiger partial charge in [0.05, 0.1) is 17.3 Å². The number of urea groups is 1. The van der Waals surface area contributed by atoms with Crippen LogP contribution in [0.15, 0.2) is 55.4 Å². The molecule has 0 spiro atoms. The molecule has 27 heavy (non-hydrogen) atoms. The number of barbiturate groups is 1. The van der Waals surface area contributed by atoms with E-state index in [2.05, 4.69) is 53.1 Å². The fourth-order valence-corrected chi connectivity index (χ4v) is 4.22. The molecule has 1 fully saturated rings. The summed E-state index contributed by atoms with van der Waals surface area (Å²) in [5, 5.41) is 2.19. The van der Waals surface area contributed by atoms with E-state index in [4.69, 9.17) is 4.74 Å². The molecule has 1 aliphatic rings. The first-order valence-electron chi connectivity index (χ1n) is 7.52. The van der Waals surface area contributed by atoms with E-state index in [0.29, 0.717) is 21.5 Å². The minimum absolute atomic E-state index is 0.180. The molecule has 9 heteroatoms. The van der Waals surface area contributed by atoms with Gasteiger partial charge in [0.2, 0.25) is 0 Å². The van der Waals surface area contributed by atoms with E-state index in [0.717, 1.165) is 13.8 Å². The van der Waals surface area contributed by atoms with Crippen LogP contribution in [0.2, 0.25) is 0 Å². The van der Waals surface area contributed by atoms with E-state index in [1.54, 1.807) is 36.4 Å². The summed E-state index contributed by atoms with van der Waals surface area (Å²) < 4.78 is 7.52. The number of rotatable bonds is 3. The van der Waals surface area contributed by atoms with Crippen LogP contribution >= 0.6 is 47.8 Å². The molecule has 2 aromatic carbocycles. The summed E-state index contributed by atoms with van der Waals surface area (Å²) in [6, 6.07) is 9.29. The van der Waals surface area contributed by atoms with Gasteiger partial charge in [-0.05, 0) is 58.4 Å². The maximum Gasteiger partial charge on any atom is 0.335 e. The van der Waals surface area contributed by atoms with Crippen molar-refractivity contribution in [1.29, 1.82) is 0 Å². The molecule has 0 unspecified atom stereocenters. The Balaban J connectivity index is 2.09. The Hall–Kier alpha value is -1.97. The highest BCUT2D eigenvalue weighted by molar-refractivity contribution is 9.11. The summed E-state index contributed by atoms with van der Waals surface area (Å²) in [7, 11) is 1.48. The number of anilines is 1. The van der Waals surface area contributed by atoms with E-state index in [1.807, 2.05) is 0 Å². The highest BCUT2D eigenvalue weighted by Gasteiger charge is 2.37. The molecule has 0 saturated carbocycles. The number of hydrogen-bond donors (Lipinski definition) is 1. The predicted molar refractivity (Wildman–Crippen MR) is 112 cm³/mol. The summed E-state index contributed by atoms with van der Waals surface area (Å²) in [5.74, 6) is -1.03. The molecule has 0 radical (unpaired) electrons. The zero-order valence-corrected chi connectivity index (χ0v) is 18.5. The van der Waals surface area contributed by atoms with Gasteiger partial charge in [0.1, 0.15) is 11.3 Å². The number of nitrogens with zero attached hydrogens (tertiary/aromatic N) is 1. The minimum Gasteiger partial charge on any atom is -0.495 e. The standard InChI is InChI=1S/C18H11Br3N2O4/c1-27-15-9(6-11(20)8-14(15)21)7-13-16(24)22-18(26)23(17(13)25)12-4-2-10(19)3-5-12/h2-8H,1H3,(H,22,24,26)/b13-7+. The first kappa shape index (κ1) is 19.8. The number of benzene rings is 2. The Labute approximate surface area is 179 Å². The van der Waals surface area contributed by atoms with Gasteiger partial charge in [0, 0.05) is 14.5 Å². The molecule has 138 valence electrons. The summed E-state index contributed by atoms with van der Waals surface area (Å²) in [6.45, 7) is 0. The third-order valence-corrected chi connectivity index (χ3v) is 5.30. The molecule has 0 bridgehead atoms. The normalized spacial score (nSPS) is 15.9. The lowest BCUT2D eigenvalue weighted by Crippen LogP contribution is -2.54. The van der Waals surface area contributed by atoms with Crippen molar-refractivity contribution in [3.63, 3.8) is 0 Å². The summed E-state index contributed by atoms with van der Waals surface area (Å²) in [5.41, 5.74) is 0.671. The van der Waals surface area contributed by atoms with Crippen molar-refractivity contribution in [2.24, 2.45) is 0 Å². The second kappa shape index (κ2) is 7.95. The molecule has 4 amide bonds. The van der Waals surface area contributed by atoms with Crippen LogP contribution in [-0.2, 0) is 9.59 Å². The van der Waals surface area contributed by atoms with E-state index in [9.17, 15) is 14.4 Å². The highest BCUT2D eigenvalue weighted by Crippen LogP contribution is 2.34. The monoisotopic (exact) mass is 556 g/mol. The van der Waals surface area contributed by atoms with Gasteiger partial charge in [-0.1, -0.05) is 31.9 Å². The number of imide groups is 2. The quantitative estimate of drug-likeness (QED) is 0.440. The Morgan fingerprint density at radius 2 is 1.67 bits per heavy atom. The second-order valence-corrected chi connectivity index (χ2v) is 8.13. The molecule has 3 rings (SSSR count). The van der Waals surface area contributed by atoms with Crippen LogP contribution in [0.4, 0.5) is 10.5 Å². The second-order valence-electron chi connectivity index (χ2n) is 5.44. The SMILES string of the molecule is COc1c(Br)cc(Br)cc1/C=C1\C(=O)NC(=O)N(c2ccc(Br)cc2)C1=O. The Bertz CT molecular complexity index is 987. The van der Waals surface area contributed by atoms with Crippen LogP contribution in [0.1, 0.15) is 5.56 Å². The highest BCUT2D eigenvalue weighted by atomic mass is 79.9. The van der Waals surface area contributed by atoms with E-state index in [-0.39, 0.29) is 5.57 Å². The number of carbonyl (C=O) groups excluding carboxylic acids is 3. The van der Waals surface area contributed by atoms with Gasteiger partial charge >= 0.3 is 6.03 Å². The summed E-state index contributed by atoms with van der Waals surface area (Å²) in [6.07, 6.45) is 1.39. The van der Waals surface area contributed by atoms with Crippen molar-refractivity contribution < 1.29 is 19.1 Å². The van der Waals surface area contributed by atoms with E-state index < -0.39 is 17.8 Å². The lowest BCUT2D eigenvalue weighted by Gasteiger charge is -2.26. The van der Waals surface area contributed by atoms with Crippen LogP contribution in [0.25, 0.3) is 6.08 Å². The first-order chi connectivity index (χ1) is 12.8. The Kier molecular flexibility index (Phi) is 5.83. The maximum atomic E-state index is 12.9. The third kappa shape index (κ3) is 3.99. The average molecular weight is 559 g/mol. The van der Waals surface area contributed by atoms with Gasteiger partial charge in [-0.15, -0.1) is 0 Å². The zero-order valence-electron chi connectivity index (χ0n) is 13.8. The topological polar surface area (TPSA) is 75.7 Å². The molecule has 0 aliphatic carbocycles. The van der Waals surface area contributed by atoms with Gasteiger partial charge < -0.3 is 4.74 Å². The number of nitrogens with one attached hydrogen (secondary N) is 1. The smallest absolute Gasteiger partial charge is 0.335 e. The Morgan fingerprint density at radius 1 is 1.00 bits per heavy atom. The fraction of sp³-hybridized carbons (Fsp3) is 0.0556. The van der Waals surface area contributed by atoms with Gasteiger partial charge in [-0.2, -0.15) is 0 Å². The number of hydrogen-bond acceptors (Lipinski definition) is 4. The molecule has 2 aromatic rings. The largest absolute Gasteiger partial charge is 0.495 e. The van der Waals surface area contributed by atoms with Gasteiger partial charge in [0.25, 0.3) is 11.8 Å². The van der Waals surface area contributed by atoms with Crippen molar-refractivity contribution in [3.05, 3.63) is 61.0 Å². The summed E-state index contributed by atoms with van der Waals surface area (Å²) >= 11 is 10.0. The predicted octanol–water partition coefficient (Wildman–Crippen LogP) is 4.65. The van der Waals surface area contributed by atoms with Crippen molar-refractivity contribution in [3.8, 4) is 5.75 Å². The number of methoxy groups -OCH3 is 1. The van der Waals surface area contributed by atoms with E-state index in [1.165, 1.54) is 13.2 Å². The molecule has 0 aromatic heterocycles. The van der Waals surface area contributed by atoms with Gasteiger partial charge in [-0.25, -0.2) is 9.69 Å². The lowest BCUT2D eigenvalue weighted by molar-refractivity contribution is -0.122. The summed E-state index contributed by atoms with van der Waals surface area (Å²) in [4.78, 5) is 38.3. The third-order valence-electron chi connectivity index (χ3n) is 3.73. The lowest BCUT2D eigenvalue weighted by atomic mass is 10.1. The molecule has 1 heterocycles. The fourth-order valence-electron chi connectivity index (χ4n) is 2.54. The van der Waals surface area contributed by atoms with E-state index >= 15 is 0 Å². The molecule has 1 aliphatic heterocycles. The van der Waals surface area contributed by atoms with Crippen molar-refractivity contribution in [1.82, 2.24) is 5.32 Å². The van der Waals surface area contributed by atoms with Crippen molar-refractivity contribution in [2.45, 2.75) is 0 Å². The molecule has 6 nitrogen and oxygen atoms in total. The molecule has 1 saturated heterocycles.